The van der Waals surface area contributed by atoms with Crippen molar-refractivity contribution in [1.82, 2.24) is 10.6 Å². The van der Waals surface area contributed by atoms with Gasteiger partial charge in [-0.2, -0.15) is 0 Å². The van der Waals surface area contributed by atoms with Gasteiger partial charge in [-0.3, -0.25) is 19.7 Å². The Balaban J connectivity index is 2.02. The number of amides is 3. The Labute approximate surface area is 116 Å². The van der Waals surface area contributed by atoms with E-state index in [1.165, 1.54) is 0 Å². The van der Waals surface area contributed by atoms with Crippen LogP contribution in [0.25, 0.3) is 0 Å². The predicted octanol–water partition coefficient (Wildman–Crippen LogP) is 0.620. The van der Waals surface area contributed by atoms with Crippen molar-refractivity contribution < 1.29 is 19.1 Å². The Morgan fingerprint density at radius 1 is 1.45 bits per heavy atom. The van der Waals surface area contributed by atoms with Crippen LogP contribution in [0, 0.1) is 0 Å². The minimum absolute atomic E-state index is 0.232. The van der Waals surface area contributed by atoms with Crippen molar-refractivity contribution in [2.75, 3.05) is 6.61 Å². The van der Waals surface area contributed by atoms with Crippen LogP contribution in [-0.2, 0) is 9.59 Å². The van der Waals surface area contributed by atoms with Crippen LogP contribution in [0.2, 0.25) is 0 Å². The van der Waals surface area contributed by atoms with E-state index in [2.05, 4.69) is 10.6 Å². The minimum Gasteiger partial charge on any atom is -0.494 e. The summed E-state index contributed by atoms with van der Waals surface area (Å²) in [5.41, 5.74) is 0.417. The topological polar surface area (TPSA) is 84.5 Å². The van der Waals surface area contributed by atoms with Gasteiger partial charge in [-0.15, -0.1) is 0 Å². The molecule has 2 rings (SSSR count). The normalized spacial score (nSPS) is 18.4. The molecule has 1 unspecified atom stereocenters. The molecule has 2 N–H and O–H groups in total. The second-order valence-electron chi connectivity index (χ2n) is 4.44. The third-order valence-corrected chi connectivity index (χ3v) is 2.95. The van der Waals surface area contributed by atoms with Gasteiger partial charge in [0.15, 0.2) is 0 Å². The van der Waals surface area contributed by atoms with Crippen LogP contribution in [0.4, 0.5) is 0 Å². The van der Waals surface area contributed by atoms with Gasteiger partial charge in [-0.1, -0.05) is 6.07 Å². The van der Waals surface area contributed by atoms with Gasteiger partial charge in [-0.05, 0) is 31.5 Å². The highest BCUT2D eigenvalue weighted by atomic mass is 16.5. The van der Waals surface area contributed by atoms with Crippen molar-refractivity contribution in [3.8, 4) is 5.75 Å². The number of nitrogens with one attached hydrogen (secondary N) is 2. The summed E-state index contributed by atoms with van der Waals surface area (Å²) in [7, 11) is 0. The van der Waals surface area contributed by atoms with Crippen LogP contribution in [0.1, 0.15) is 30.1 Å². The fourth-order valence-electron chi connectivity index (χ4n) is 1.97. The van der Waals surface area contributed by atoms with Gasteiger partial charge in [0.05, 0.1) is 6.61 Å². The Morgan fingerprint density at radius 3 is 2.95 bits per heavy atom. The average molecular weight is 276 g/mol. The molecule has 20 heavy (non-hydrogen) atoms. The summed E-state index contributed by atoms with van der Waals surface area (Å²) in [6.45, 7) is 2.37. The molecular formula is C14H16N2O4. The summed E-state index contributed by atoms with van der Waals surface area (Å²) in [5, 5.41) is 4.82. The molecule has 1 heterocycles. The standard InChI is InChI=1S/C14H16N2O4/c1-2-20-10-5-3-4-9(8-10)13(18)15-11-6-7-12(17)16-14(11)19/h3-5,8,11H,2,6-7H2,1H3,(H,15,18)(H,16,17,19). The van der Waals surface area contributed by atoms with Gasteiger partial charge in [0.1, 0.15) is 11.8 Å². The first-order valence-electron chi connectivity index (χ1n) is 6.47. The van der Waals surface area contributed by atoms with E-state index in [-0.39, 0.29) is 18.2 Å². The highest BCUT2D eigenvalue weighted by Gasteiger charge is 2.28. The van der Waals surface area contributed by atoms with Crippen molar-refractivity contribution >= 4 is 17.7 Å². The summed E-state index contributed by atoms with van der Waals surface area (Å²) in [6.07, 6.45) is 0.553. The number of rotatable bonds is 4. The lowest BCUT2D eigenvalue weighted by Crippen LogP contribution is -2.52. The summed E-state index contributed by atoms with van der Waals surface area (Å²) in [6, 6.07) is 6.06. The number of carbonyl (C=O) groups excluding carboxylic acids is 3. The minimum atomic E-state index is -0.670. The van der Waals surface area contributed by atoms with Crippen LogP contribution < -0.4 is 15.4 Å². The van der Waals surface area contributed by atoms with E-state index in [1.807, 2.05) is 6.92 Å². The van der Waals surface area contributed by atoms with Crippen molar-refractivity contribution in [2.45, 2.75) is 25.8 Å². The van der Waals surface area contributed by atoms with Crippen molar-refractivity contribution in [3.05, 3.63) is 29.8 Å². The van der Waals surface area contributed by atoms with Crippen LogP contribution in [-0.4, -0.2) is 30.4 Å². The molecule has 0 spiro atoms. The molecule has 6 heteroatoms. The zero-order valence-electron chi connectivity index (χ0n) is 11.1. The summed E-state index contributed by atoms with van der Waals surface area (Å²) in [5.74, 6) is -0.529. The quantitative estimate of drug-likeness (QED) is 0.790. The molecule has 3 amide bonds. The number of ether oxygens (including phenoxy) is 1. The average Bonchev–Trinajstić information content (AvgIpc) is 2.42. The maximum Gasteiger partial charge on any atom is 0.252 e. The maximum absolute atomic E-state index is 12.1. The Bertz CT molecular complexity index is 542. The van der Waals surface area contributed by atoms with E-state index in [4.69, 9.17) is 4.74 Å². The second-order valence-corrected chi connectivity index (χ2v) is 4.44. The highest BCUT2D eigenvalue weighted by Crippen LogP contribution is 2.14. The van der Waals surface area contributed by atoms with Crippen molar-refractivity contribution in [1.29, 1.82) is 0 Å². The molecular weight excluding hydrogens is 260 g/mol. The molecule has 6 nitrogen and oxygen atoms in total. The molecule has 1 atom stereocenters. The van der Waals surface area contributed by atoms with Crippen LogP contribution in [0.3, 0.4) is 0 Å². The lowest BCUT2D eigenvalue weighted by Gasteiger charge is -2.21. The van der Waals surface area contributed by atoms with Crippen LogP contribution >= 0.6 is 0 Å². The lowest BCUT2D eigenvalue weighted by molar-refractivity contribution is -0.134. The van der Waals surface area contributed by atoms with Crippen molar-refractivity contribution in [3.63, 3.8) is 0 Å². The van der Waals surface area contributed by atoms with Gasteiger partial charge >= 0.3 is 0 Å². The molecule has 0 aliphatic carbocycles. The van der Waals surface area contributed by atoms with E-state index in [9.17, 15) is 14.4 Å². The number of piperidine rings is 1. The molecule has 1 fully saturated rings. The van der Waals surface area contributed by atoms with E-state index >= 15 is 0 Å². The van der Waals surface area contributed by atoms with E-state index in [0.29, 0.717) is 24.3 Å². The SMILES string of the molecule is CCOc1cccc(C(=O)NC2CCC(=O)NC2=O)c1. The summed E-state index contributed by atoms with van der Waals surface area (Å²) < 4.78 is 5.32. The zero-order valence-corrected chi connectivity index (χ0v) is 11.1. The van der Waals surface area contributed by atoms with Gasteiger partial charge in [0.2, 0.25) is 11.8 Å². The highest BCUT2D eigenvalue weighted by molar-refractivity contribution is 6.03. The van der Waals surface area contributed by atoms with Gasteiger partial charge in [0.25, 0.3) is 5.91 Å². The molecule has 0 radical (unpaired) electrons. The molecule has 1 saturated heterocycles. The molecule has 1 aliphatic heterocycles. The number of benzene rings is 1. The Kier molecular flexibility index (Phi) is 4.34. The molecule has 0 aromatic heterocycles. The van der Waals surface area contributed by atoms with E-state index < -0.39 is 11.9 Å². The van der Waals surface area contributed by atoms with Crippen LogP contribution in [0.5, 0.6) is 5.75 Å². The Hall–Kier alpha value is -2.37. The van der Waals surface area contributed by atoms with E-state index in [0.717, 1.165) is 0 Å². The van der Waals surface area contributed by atoms with Crippen LogP contribution in [0.15, 0.2) is 24.3 Å². The first kappa shape index (κ1) is 14.0. The molecule has 0 bridgehead atoms. The molecule has 0 saturated carbocycles. The molecule has 1 aromatic carbocycles. The first-order valence-corrected chi connectivity index (χ1v) is 6.47. The lowest BCUT2D eigenvalue weighted by atomic mass is 10.1. The van der Waals surface area contributed by atoms with Gasteiger partial charge in [-0.25, -0.2) is 0 Å². The van der Waals surface area contributed by atoms with Gasteiger partial charge < -0.3 is 10.1 Å². The number of hydrogen-bond acceptors (Lipinski definition) is 4. The third kappa shape index (κ3) is 3.34. The summed E-state index contributed by atoms with van der Waals surface area (Å²) in [4.78, 5) is 34.7. The fraction of sp³-hybridized carbons (Fsp3) is 0.357. The summed E-state index contributed by atoms with van der Waals surface area (Å²) >= 11 is 0. The second kappa shape index (κ2) is 6.18. The smallest absolute Gasteiger partial charge is 0.252 e. The van der Waals surface area contributed by atoms with Gasteiger partial charge in [0, 0.05) is 12.0 Å². The number of imide groups is 1. The third-order valence-electron chi connectivity index (χ3n) is 2.95. The molecule has 1 aromatic rings. The maximum atomic E-state index is 12.1. The zero-order chi connectivity index (χ0) is 14.5. The van der Waals surface area contributed by atoms with Crippen molar-refractivity contribution in [2.24, 2.45) is 0 Å². The van der Waals surface area contributed by atoms with E-state index in [1.54, 1.807) is 24.3 Å². The Morgan fingerprint density at radius 2 is 2.25 bits per heavy atom. The fourth-order valence-corrected chi connectivity index (χ4v) is 1.97. The molecule has 1 aliphatic rings. The number of carbonyl (C=O) groups is 3. The largest absolute Gasteiger partial charge is 0.494 e. The molecule has 106 valence electrons. The number of hydrogen-bond donors (Lipinski definition) is 2. The monoisotopic (exact) mass is 276 g/mol. The predicted molar refractivity (Wildman–Crippen MR) is 71.2 cm³/mol. The first-order chi connectivity index (χ1) is 9.60.